The van der Waals surface area contributed by atoms with Crippen LogP contribution < -0.4 is 10.6 Å². The Morgan fingerprint density at radius 1 is 1.31 bits per heavy atom. The standard InChI is InChI=1S/C19H27FN4S2/c1-4-21-19(22-9-5-6-18-24-14(2)12-26-18)23-11-15-7-8-17(20)10-16(15)13-25-3/h7-8,10,12H,4-6,9,11,13H2,1-3H3,(H2,21,22,23). The molecular weight excluding hydrogens is 367 g/mol. The summed E-state index contributed by atoms with van der Waals surface area (Å²) in [5.41, 5.74) is 3.17. The van der Waals surface area contributed by atoms with Crippen LogP contribution in [-0.2, 0) is 18.7 Å². The quantitative estimate of drug-likeness (QED) is 0.381. The van der Waals surface area contributed by atoms with Crippen LogP contribution in [0, 0.1) is 12.7 Å². The molecule has 0 radical (unpaired) electrons. The fourth-order valence-corrected chi connectivity index (χ4v) is 3.91. The van der Waals surface area contributed by atoms with Crippen LogP contribution in [-0.4, -0.2) is 30.3 Å². The molecule has 2 N–H and O–H groups in total. The number of nitrogens with one attached hydrogen (secondary N) is 2. The first-order valence-corrected chi connectivity index (χ1v) is 11.1. The number of aliphatic imine (C=N–C) groups is 1. The number of rotatable bonds is 9. The molecule has 4 nitrogen and oxygen atoms in total. The van der Waals surface area contributed by atoms with Crippen molar-refractivity contribution in [2.45, 2.75) is 39.0 Å². The van der Waals surface area contributed by atoms with Gasteiger partial charge in [0, 0.05) is 36.3 Å². The highest BCUT2D eigenvalue weighted by molar-refractivity contribution is 7.97. The van der Waals surface area contributed by atoms with Crippen LogP contribution in [0.4, 0.5) is 4.39 Å². The first kappa shape index (κ1) is 20.7. The zero-order valence-electron chi connectivity index (χ0n) is 15.6. The maximum atomic E-state index is 13.5. The number of thioether (sulfide) groups is 1. The van der Waals surface area contributed by atoms with Crippen molar-refractivity contribution in [2.75, 3.05) is 19.3 Å². The summed E-state index contributed by atoms with van der Waals surface area (Å²) in [6, 6.07) is 4.95. The van der Waals surface area contributed by atoms with Crippen molar-refractivity contribution in [3.05, 3.63) is 51.2 Å². The Morgan fingerprint density at radius 3 is 2.85 bits per heavy atom. The van der Waals surface area contributed by atoms with E-state index in [1.807, 2.05) is 26.2 Å². The van der Waals surface area contributed by atoms with Crippen LogP contribution in [0.2, 0.25) is 0 Å². The second kappa shape index (κ2) is 11.2. The lowest BCUT2D eigenvalue weighted by molar-refractivity contribution is 0.625. The largest absolute Gasteiger partial charge is 0.357 e. The van der Waals surface area contributed by atoms with Crippen LogP contribution in [0.1, 0.15) is 35.2 Å². The number of benzene rings is 1. The van der Waals surface area contributed by atoms with E-state index in [0.717, 1.165) is 54.5 Å². The minimum Gasteiger partial charge on any atom is -0.357 e. The van der Waals surface area contributed by atoms with E-state index < -0.39 is 0 Å². The molecule has 0 aliphatic heterocycles. The van der Waals surface area contributed by atoms with E-state index in [9.17, 15) is 4.39 Å². The Labute approximate surface area is 163 Å². The monoisotopic (exact) mass is 394 g/mol. The molecule has 0 amide bonds. The molecule has 0 saturated heterocycles. The molecule has 1 heterocycles. The first-order chi connectivity index (χ1) is 12.6. The molecule has 0 atom stereocenters. The van der Waals surface area contributed by atoms with E-state index in [2.05, 4.69) is 26.0 Å². The molecule has 26 heavy (non-hydrogen) atoms. The van der Waals surface area contributed by atoms with Gasteiger partial charge in [0.2, 0.25) is 0 Å². The molecule has 142 valence electrons. The van der Waals surface area contributed by atoms with Crippen LogP contribution in [0.15, 0.2) is 28.6 Å². The van der Waals surface area contributed by atoms with Crippen molar-refractivity contribution < 1.29 is 4.39 Å². The predicted octanol–water partition coefficient (Wildman–Crippen LogP) is 4.14. The molecule has 1 aromatic heterocycles. The van der Waals surface area contributed by atoms with Crippen molar-refractivity contribution >= 4 is 29.1 Å². The van der Waals surface area contributed by atoms with Crippen molar-refractivity contribution in [3.63, 3.8) is 0 Å². The van der Waals surface area contributed by atoms with Crippen LogP contribution in [0.25, 0.3) is 0 Å². The van der Waals surface area contributed by atoms with Gasteiger partial charge in [-0.05, 0) is 49.8 Å². The number of guanidine groups is 1. The van der Waals surface area contributed by atoms with Gasteiger partial charge in [-0.3, -0.25) is 0 Å². The predicted molar refractivity (Wildman–Crippen MR) is 112 cm³/mol. The maximum Gasteiger partial charge on any atom is 0.191 e. The number of aromatic nitrogens is 1. The molecule has 1 aromatic carbocycles. The third-order valence-corrected chi connectivity index (χ3v) is 5.37. The fraction of sp³-hybridized carbons (Fsp3) is 0.474. The molecule has 0 aliphatic carbocycles. The third kappa shape index (κ3) is 6.96. The van der Waals surface area contributed by atoms with Gasteiger partial charge in [-0.25, -0.2) is 14.4 Å². The van der Waals surface area contributed by atoms with Gasteiger partial charge >= 0.3 is 0 Å². The lowest BCUT2D eigenvalue weighted by Gasteiger charge is -2.12. The van der Waals surface area contributed by atoms with E-state index >= 15 is 0 Å². The van der Waals surface area contributed by atoms with Crippen LogP contribution in [0.5, 0.6) is 0 Å². The number of hydrogen-bond acceptors (Lipinski definition) is 4. The molecule has 0 fully saturated rings. The van der Waals surface area contributed by atoms with Crippen LogP contribution in [0.3, 0.4) is 0 Å². The fourth-order valence-electron chi connectivity index (χ4n) is 2.51. The van der Waals surface area contributed by atoms with Crippen LogP contribution >= 0.6 is 23.1 Å². The van der Waals surface area contributed by atoms with E-state index in [0.29, 0.717) is 6.54 Å². The zero-order valence-corrected chi connectivity index (χ0v) is 17.3. The summed E-state index contributed by atoms with van der Waals surface area (Å²) in [4.78, 5) is 9.14. The summed E-state index contributed by atoms with van der Waals surface area (Å²) in [6.45, 7) is 6.25. The Hall–Kier alpha value is -1.60. The number of aryl methyl sites for hydroxylation is 2. The molecule has 2 rings (SSSR count). The van der Waals surface area contributed by atoms with Gasteiger partial charge in [0.05, 0.1) is 11.6 Å². The molecule has 0 spiro atoms. The van der Waals surface area contributed by atoms with Gasteiger partial charge < -0.3 is 10.6 Å². The van der Waals surface area contributed by atoms with E-state index in [1.165, 1.54) is 11.1 Å². The lowest BCUT2D eigenvalue weighted by Crippen LogP contribution is -2.37. The summed E-state index contributed by atoms with van der Waals surface area (Å²) < 4.78 is 13.5. The highest BCUT2D eigenvalue weighted by Crippen LogP contribution is 2.17. The van der Waals surface area contributed by atoms with E-state index in [-0.39, 0.29) is 5.82 Å². The highest BCUT2D eigenvalue weighted by atomic mass is 32.2. The van der Waals surface area contributed by atoms with Gasteiger partial charge in [0.25, 0.3) is 0 Å². The molecule has 0 bridgehead atoms. The van der Waals surface area contributed by atoms with Crippen molar-refractivity contribution in [3.8, 4) is 0 Å². The molecular formula is C19H27FN4S2. The SMILES string of the molecule is CCNC(=NCc1ccc(F)cc1CSC)NCCCc1nc(C)cs1. The molecule has 2 aromatic rings. The maximum absolute atomic E-state index is 13.5. The third-order valence-electron chi connectivity index (χ3n) is 3.75. The molecule has 0 unspecified atom stereocenters. The normalized spacial score (nSPS) is 11.6. The smallest absolute Gasteiger partial charge is 0.191 e. The first-order valence-electron chi connectivity index (χ1n) is 8.81. The van der Waals surface area contributed by atoms with E-state index in [4.69, 9.17) is 0 Å². The summed E-state index contributed by atoms with van der Waals surface area (Å²) in [6.07, 6.45) is 4.00. The Morgan fingerprint density at radius 2 is 2.15 bits per heavy atom. The molecule has 0 saturated carbocycles. The van der Waals surface area contributed by atoms with Gasteiger partial charge in [0.15, 0.2) is 5.96 Å². The van der Waals surface area contributed by atoms with Crippen molar-refractivity contribution in [1.29, 1.82) is 0 Å². The molecule has 0 aliphatic rings. The summed E-state index contributed by atoms with van der Waals surface area (Å²) in [5, 5.41) is 9.90. The number of thiazole rings is 1. The minimum absolute atomic E-state index is 0.191. The lowest BCUT2D eigenvalue weighted by atomic mass is 10.1. The number of halogens is 1. The second-order valence-electron chi connectivity index (χ2n) is 5.95. The highest BCUT2D eigenvalue weighted by Gasteiger charge is 2.05. The Kier molecular flexibility index (Phi) is 8.91. The van der Waals surface area contributed by atoms with Crippen molar-refractivity contribution in [1.82, 2.24) is 15.6 Å². The summed E-state index contributed by atoms with van der Waals surface area (Å²) in [5.74, 6) is 1.39. The molecule has 7 heteroatoms. The Bertz CT molecular complexity index is 715. The number of nitrogens with zero attached hydrogens (tertiary/aromatic N) is 2. The second-order valence-corrected chi connectivity index (χ2v) is 7.76. The minimum atomic E-state index is -0.191. The van der Waals surface area contributed by atoms with Gasteiger partial charge in [-0.15, -0.1) is 11.3 Å². The van der Waals surface area contributed by atoms with E-state index in [1.54, 1.807) is 29.2 Å². The Balaban J connectivity index is 1.89. The topological polar surface area (TPSA) is 49.3 Å². The van der Waals surface area contributed by atoms with Crippen molar-refractivity contribution in [2.24, 2.45) is 4.99 Å². The zero-order chi connectivity index (χ0) is 18.8. The summed E-state index contributed by atoms with van der Waals surface area (Å²) >= 11 is 3.40. The van der Waals surface area contributed by atoms with Gasteiger partial charge in [-0.2, -0.15) is 11.8 Å². The average Bonchev–Trinajstić information content (AvgIpc) is 3.03. The summed E-state index contributed by atoms with van der Waals surface area (Å²) in [7, 11) is 0. The number of hydrogen-bond donors (Lipinski definition) is 2. The van der Waals surface area contributed by atoms with Gasteiger partial charge in [0.1, 0.15) is 5.82 Å². The van der Waals surface area contributed by atoms with Gasteiger partial charge in [-0.1, -0.05) is 6.07 Å². The average molecular weight is 395 g/mol.